The van der Waals surface area contributed by atoms with Crippen molar-refractivity contribution in [2.45, 2.75) is 69.6 Å². The minimum absolute atomic E-state index is 0.00507. The van der Waals surface area contributed by atoms with E-state index >= 15 is 0 Å². The number of hydrogen-bond acceptors (Lipinski definition) is 9. The first kappa shape index (κ1) is 37.2. The first-order valence-electron chi connectivity index (χ1n) is 16.7. The Morgan fingerprint density at radius 1 is 0.633 bits per heavy atom. The molecule has 10 heteroatoms. The van der Waals surface area contributed by atoms with E-state index in [4.69, 9.17) is 27.9 Å². The van der Waals surface area contributed by atoms with Crippen molar-refractivity contribution in [2.24, 2.45) is 0 Å². The zero-order valence-electron chi connectivity index (χ0n) is 28.1. The lowest BCUT2D eigenvalue weighted by Crippen LogP contribution is -2.67. The molecule has 1 fully saturated rings. The Labute approximate surface area is 295 Å². The molecule has 4 aromatic rings. The highest BCUT2D eigenvalue weighted by molar-refractivity contribution is 8.01. The van der Waals surface area contributed by atoms with Crippen LogP contribution in [-0.2, 0) is 64.4 Å². The summed E-state index contributed by atoms with van der Waals surface area (Å²) in [6, 6.07) is 39.4. The van der Waals surface area contributed by atoms with Gasteiger partial charge in [-0.1, -0.05) is 128 Å². The van der Waals surface area contributed by atoms with Crippen LogP contribution in [0.2, 0.25) is 0 Å². The molecule has 5 rings (SSSR count). The Kier molecular flexibility index (Phi) is 14.3. The summed E-state index contributed by atoms with van der Waals surface area (Å²) in [5, 5.41) is 0. The summed E-state index contributed by atoms with van der Waals surface area (Å²) in [6.45, 7) is 4.85. The van der Waals surface area contributed by atoms with Crippen LogP contribution in [0.4, 0.5) is 0 Å². The van der Waals surface area contributed by atoms with Gasteiger partial charge in [-0.3, -0.25) is 4.18 Å². The first-order chi connectivity index (χ1) is 23.9. The van der Waals surface area contributed by atoms with Crippen molar-refractivity contribution in [3.05, 3.63) is 144 Å². The number of rotatable bonds is 19. The topological polar surface area (TPSA) is 89.5 Å². The second-order valence-corrected chi connectivity index (χ2v) is 14.9. The minimum Gasteiger partial charge on any atom is -0.374 e. The molecule has 1 heterocycles. The van der Waals surface area contributed by atoms with E-state index in [1.807, 2.05) is 128 Å². The molecule has 0 radical (unpaired) electrons. The molecular formula is C39H46O8S2. The summed E-state index contributed by atoms with van der Waals surface area (Å²) in [7, 11) is -4.04. The maximum atomic E-state index is 13.5. The Morgan fingerprint density at radius 2 is 1.08 bits per heavy atom. The summed E-state index contributed by atoms with van der Waals surface area (Å²) in [5.41, 5.74) is 3.88. The van der Waals surface area contributed by atoms with Crippen LogP contribution in [0.25, 0.3) is 0 Å². The molecule has 5 atom stereocenters. The van der Waals surface area contributed by atoms with Crippen LogP contribution in [0.15, 0.2) is 121 Å². The molecule has 0 aromatic heterocycles. The van der Waals surface area contributed by atoms with Gasteiger partial charge in [0.15, 0.2) is 4.93 Å². The largest absolute Gasteiger partial charge is 0.374 e. The zero-order valence-corrected chi connectivity index (χ0v) is 29.7. The van der Waals surface area contributed by atoms with Gasteiger partial charge >= 0.3 is 0 Å². The molecule has 0 unspecified atom stereocenters. The van der Waals surface area contributed by atoms with Crippen LogP contribution in [0.3, 0.4) is 0 Å². The first-order valence-corrected chi connectivity index (χ1v) is 19.2. The van der Waals surface area contributed by atoms with Crippen LogP contribution in [0, 0.1) is 0 Å². The van der Waals surface area contributed by atoms with E-state index in [1.165, 1.54) is 11.8 Å². The van der Waals surface area contributed by atoms with Gasteiger partial charge < -0.3 is 23.7 Å². The Morgan fingerprint density at radius 3 is 1.55 bits per heavy atom. The fourth-order valence-electron chi connectivity index (χ4n) is 5.91. The average molecular weight is 707 g/mol. The smallest absolute Gasteiger partial charge is 0.271 e. The van der Waals surface area contributed by atoms with Crippen molar-refractivity contribution in [2.75, 3.05) is 24.7 Å². The second kappa shape index (κ2) is 18.8. The highest BCUT2D eigenvalue weighted by Crippen LogP contribution is 2.44. The van der Waals surface area contributed by atoms with Crippen molar-refractivity contribution >= 4 is 21.9 Å². The third-order valence-corrected chi connectivity index (χ3v) is 10.9. The van der Waals surface area contributed by atoms with Crippen molar-refractivity contribution in [3.8, 4) is 0 Å². The van der Waals surface area contributed by atoms with Gasteiger partial charge in [0.2, 0.25) is 0 Å². The second-order valence-electron chi connectivity index (χ2n) is 11.8. The maximum Gasteiger partial charge on any atom is 0.271 e. The highest BCUT2D eigenvalue weighted by Gasteiger charge is 2.59. The van der Waals surface area contributed by atoms with Crippen LogP contribution in [0.1, 0.15) is 36.1 Å². The molecule has 1 aliphatic heterocycles. The standard InChI is InChI=1S/C39H46O8S2/c1-3-46-49(40,41)30-39(48-4-2)38(45-28-34-23-15-8-16-24-34)37(44-27-33-21-13-7-14-22-33)36(43-26-32-19-11-6-12-20-32)35(47-39)29-42-25-31-17-9-5-10-18-31/h5-24,35-38H,3-4,25-30H2,1-2H3/t35-,36-,37+,38-,39-/m1/s1. The summed E-state index contributed by atoms with van der Waals surface area (Å²) in [6.07, 6.45) is -3.01. The van der Waals surface area contributed by atoms with E-state index in [1.54, 1.807) is 6.92 Å². The van der Waals surface area contributed by atoms with Gasteiger partial charge in [-0.05, 0) is 34.9 Å². The molecule has 0 bridgehead atoms. The fourth-order valence-corrected chi connectivity index (χ4v) is 8.89. The van der Waals surface area contributed by atoms with Crippen LogP contribution >= 0.6 is 11.8 Å². The van der Waals surface area contributed by atoms with Crippen LogP contribution < -0.4 is 0 Å². The lowest BCUT2D eigenvalue weighted by molar-refractivity contribution is -0.278. The molecule has 262 valence electrons. The van der Waals surface area contributed by atoms with E-state index < -0.39 is 45.2 Å². The molecule has 4 aromatic carbocycles. The molecule has 1 saturated heterocycles. The molecule has 1 aliphatic rings. The zero-order chi connectivity index (χ0) is 34.4. The number of benzene rings is 4. The summed E-state index contributed by atoms with van der Waals surface area (Å²) >= 11 is 1.37. The molecule has 8 nitrogen and oxygen atoms in total. The van der Waals surface area contributed by atoms with Crippen LogP contribution in [-0.4, -0.2) is 62.5 Å². The quantitative estimate of drug-likeness (QED) is 0.0942. The monoisotopic (exact) mass is 706 g/mol. The van der Waals surface area contributed by atoms with Crippen molar-refractivity contribution in [1.29, 1.82) is 0 Å². The van der Waals surface area contributed by atoms with E-state index in [2.05, 4.69) is 0 Å². The van der Waals surface area contributed by atoms with Crippen molar-refractivity contribution in [3.63, 3.8) is 0 Å². The van der Waals surface area contributed by atoms with E-state index in [9.17, 15) is 8.42 Å². The van der Waals surface area contributed by atoms with E-state index in [0.717, 1.165) is 22.3 Å². The molecule has 49 heavy (non-hydrogen) atoms. The third-order valence-electron chi connectivity index (χ3n) is 8.07. The molecule has 0 spiro atoms. The molecule has 0 saturated carbocycles. The Hall–Kier alpha value is -3.06. The molecular weight excluding hydrogens is 661 g/mol. The summed E-state index contributed by atoms with van der Waals surface area (Å²) in [5.74, 6) is 0.100. The molecule has 0 aliphatic carbocycles. The predicted octanol–water partition coefficient (Wildman–Crippen LogP) is 7.17. The van der Waals surface area contributed by atoms with Gasteiger partial charge in [0.1, 0.15) is 30.2 Å². The van der Waals surface area contributed by atoms with Crippen molar-refractivity contribution in [1.82, 2.24) is 0 Å². The average Bonchev–Trinajstić information content (AvgIpc) is 3.11. The van der Waals surface area contributed by atoms with Gasteiger partial charge in [0.25, 0.3) is 10.1 Å². The fraction of sp³-hybridized carbons (Fsp3) is 0.385. The lowest BCUT2D eigenvalue weighted by atomic mass is 9.94. The van der Waals surface area contributed by atoms with Gasteiger partial charge in [0.05, 0.1) is 39.6 Å². The van der Waals surface area contributed by atoms with E-state index in [-0.39, 0.29) is 33.0 Å². The minimum atomic E-state index is -4.04. The van der Waals surface area contributed by atoms with Gasteiger partial charge in [0, 0.05) is 0 Å². The molecule has 0 amide bonds. The third kappa shape index (κ3) is 11.0. The normalized spacial score (nSPS) is 22.6. The van der Waals surface area contributed by atoms with Gasteiger partial charge in [-0.15, -0.1) is 11.8 Å². The van der Waals surface area contributed by atoms with Crippen molar-refractivity contribution < 1.29 is 36.3 Å². The summed E-state index contributed by atoms with van der Waals surface area (Å²) < 4.78 is 65.8. The highest BCUT2D eigenvalue weighted by atomic mass is 32.2. The Balaban J connectivity index is 1.56. The maximum absolute atomic E-state index is 13.5. The SMILES string of the molecule is CCOS(=O)(=O)C[C@]1(SCC)O[C@H](COCc2ccccc2)[C@@H](OCc2ccccc2)[C@H](OCc2ccccc2)[C@H]1OCc1ccccc1. The molecule has 0 N–H and O–H groups in total. The van der Waals surface area contributed by atoms with Gasteiger partial charge in [-0.2, -0.15) is 8.42 Å². The number of thioether (sulfide) groups is 1. The van der Waals surface area contributed by atoms with Crippen LogP contribution in [0.5, 0.6) is 0 Å². The summed E-state index contributed by atoms with van der Waals surface area (Å²) in [4.78, 5) is -1.41. The predicted molar refractivity (Wildman–Crippen MR) is 192 cm³/mol. The van der Waals surface area contributed by atoms with Gasteiger partial charge in [-0.25, -0.2) is 0 Å². The number of ether oxygens (including phenoxy) is 5. The number of hydrogen-bond donors (Lipinski definition) is 0. The lowest BCUT2D eigenvalue weighted by Gasteiger charge is -2.52. The Bertz CT molecular complexity index is 1610. The van der Waals surface area contributed by atoms with E-state index in [0.29, 0.717) is 12.4 Å².